The SMILES string of the molecule is N#CCCN(C(=O)NCC1(C(=O)O)CC1)c1ccccc1. The number of nitrogens with one attached hydrogen (secondary N) is 1. The molecule has 1 aromatic rings. The van der Waals surface area contributed by atoms with E-state index in [0.29, 0.717) is 18.5 Å². The van der Waals surface area contributed by atoms with Crippen LogP contribution in [0.15, 0.2) is 30.3 Å². The number of aliphatic carboxylic acids is 1. The average Bonchev–Trinajstić information content (AvgIpc) is 3.28. The molecule has 0 aliphatic heterocycles. The molecule has 1 saturated carbocycles. The number of anilines is 1. The Balaban J connectivity index is 2.02. The van der Waals surface area contributed by atoms with Crippen molar-refractivity contribution in [2.45, 2.75) is 19.3 Å². The van der Waals surface area contributed by atoms with Crippen molar-refractivity contribution in [3.8, 4) is 6.07 Å². The number of amides is 2. The second kappa shape index (κ2) is 6.27. The third-order valence-corrected chi connectivity index (χ3v) is 3.65. The van der Waals surface area contributed by atoms with Gasteiger partial charge in [-0.1, -0.05) is 18.2 Å². The molecule has 2 amide bonds. The Bertz CT molecular complexity index is 561. The Morgan fingerprint density at radius 2 is 2.00 bits per heavy atom. The number of benzene rings is 1. The number of hydrogen-bond donors (Lipinski definition) is 2. The van der Waals surface area contributed by atoms with E-state index in [9.17, 15) is 9.59 Å². The maximum atomic E-state index is 12.3. The normalized spacial score (nSPS) is 14.8. The second-order valence-corrected chi connectivity index (χ2v) is 5.14. The van der Waals surface area contributed by atoms with Gasteiger partial charge < -0.3 is 10.4 Å². The number of rotatable bonds is 6. The van der Waals surface area contributed by atoms with Crippen LogP contribution in [0.3, 0.4) is 0 Å². The van der Waals surface area contributed by atoms with Crippen LogP contribution in [0, 0.1) is 16.7 Å². The fraction of sp³-hybridized carbons (Fsp3) is 0.400. The van der Waals surface area contributed by atoms with Crippen molar-refractivity contribution >= 4 is 17.7 Å². The summed E-state index contributed by atoms with van der Waals surface area (Å²) in [7, 11) is 0. The van der Waals surface area contributed by atoms with Gasteiger partial charge in [-0.15, -0.1) is 0 Å². The van der Waals surface area contributed by atoms with Gasteiger partial charge in [-0.3, -0.25) is 9.69 Å². The summed E-state index contributed by atoms with van der Waals surface area (Å²) < 4.78 is 0. The lowest BCUT2D eigenvalue weighted by Gasteiger charge is -2.23. The number of carbonyl (C=O) groups excluding carboxylic acids is 1. The van der Waals surface area contributed by atoms with Gasteiger partial charge in [-0.05, 0) is 25.0 Å². The average molecular weight is 287 g/mol. The Morgan fingerprint density at radius 1 is 1.33 bits per heavy atom. The topological polar surface area (TPSA) is 93.4 Å². The van der Waals surface area contributed by atoms with Gasteiger partial charge in [0.25, 0.3) is 0 Å². The maximum absolute atomic E-state index is 12.3. The highest BCUT2D eigenvalue weighted by molar-refractivity contribution is 5.92. The minimum Gasteiger partial charge on any atom is -0.481 e. The predicted molar refractivity (Wildman–Crippen MR) is 76.7 cm³/mol. The van der Waals surface area contributed by atoms with Crippen LogP contribution in [0.4, 0.5) is 10.5 Å². The number of urea groups is 1. The van der Waals surface area contributed by atoms with Gasteiger partial charge in [-0.25, -0.2) is 4.79 Å². The molecule has 1 aliphatic rings. The number of hydrogen-bond acceptors (Lipinski definition) is 3. The maximum Gasteiger partial charge on any atom is 0.321 e. The van der Waals surface area contributed by atoms with Crippen molar-refractivity contribution in [3.63, 3.8) is 0 Å². The standard InChI is InChI=1S/C15H17N3O3/c16-9-4-10-18(12-5-2-1-3-6-12)14(21)17-11-15(7-8-15)13(19)20/h1-3,5-6H,4,7-8,10-11H2,(H,17,21)(H,19,20). The van der Waals surface area contributed by atoms with Gasteiger partial charge in [0.2, 0.25) is 0 Å². The monoisotopic (exact) mass is 287 g/mol. The zero-order chi connectivity index (χ0) is 15.3. The van der Waals surface area contributed by atoms with E-state index in [0.717, 1.165) is 0 Å². The molecular formula is C15H17N3O3. The van der Waals surface area contributed by atoms with E-state index in [4.69, 9.17) is 10.4 Å². The molecule has 21 heavy (non-hydrogen) atoms. The molecule has 6 nitrogen and oxygen atoms in total. The fourth-order valence-electron chi connectivity index (χ4n) is 2.08. The van der Waals surface area contributed by atoms with Gasteiger partial charge in [0.1, 0.15) is 0 Å². The van der Waals surface area contributed by atoms with Crippen molar-refractivity contribution < 1.29 is 14.7 Å². The highest BCUT2D eigenvalue weighted by atomic mass is 16.4. The molecule has 6 heteroatoms. The molecular weight excluding hydrogens is 270 g/mol. The van der Waals surface area contributed by atoms with Gasteiger partial charge in [0, 0.05) is 18.8 Å². The summed E-state index contributed by atoms with van der Waals surface area (Å²) in [5.41, 5.74) is -0.113. The van der Waals surface area contributed by atoms with E-state index in [1.807, 2.05) is 24.3 Å². The minimum absolute atomic E-state index is 0.122. The van der Waals surface area contributed by atoms with Crippen LogP contribution in [-0.4, -0.2) is 30.2 Å². The molecule has 0 unspecified atom stereocenters. The van der Waals surface area contributed by atoms with Crippen LogP contribution in [0.2, 0.25) is 0 Å². The van der Waals surface area contributed by atoms with E-state index in [1.165, 1.54) is 4.90 Å². The molecule has 0 spiro atoms. The summed E-state index contributed by atoms with van der Waals surface area (Å²) in [6.45, 7) is 0.392. The highest BCUT2D eigenvalue weighted by Gasteiger charge is 2.50. The van der Waals surface area contributed by atoms with Gasteiger partial charge in [0.05, 0.1) is 17.9 Å². The number of carboxylic acid groups (broad SMARTS) is 1. The molecule has 0 heterocycles. The molecule has 2 N–H and O–H groups in total. The Hall–Kier alpha value is -2.55. The van der Waals surface area contributed by atoms with Crippen LogP contribution >= 0.6 is 0 Å². The lowest BCUT2D eigenvalue weighted by Crippen LogP contribution is -2.44. The fourth-order valence-corrected chi connectivity index (χ4v) is 2.08. The molecule has 0 aromatic heterocycles. The third-order valence-electron chi connectivity index (χ3n) is 3.65. The van der Waals surface area contributed by atoms with Crippen molar-refractivity contribution in [1.29, 1.82) is 5.26 Å². The van der Waals surface area contributed by atoms with Crippen molar-refractivity contribution in [2.75, 3.05) is 18.0 Å². The number of nitrogens with zero attached hydrogens (tertiary/aromatic N) is 2. The Morgan fingerprint density at radius 3 is 2.52 bits per heavy atom. The molecule has 1 fully saturated rings. The van der Waals surface area contributed by atoms with Crippen LogP contribution in [0.1, 0.15) is 19.3 Å². The van der Waals surface area contributed by atoms with Crippen molar-refractivity contribution in [3.05, 3.63) is 30.3 Å². The molecule has 0 saturated heterocycles. The lowest BCUT2D eigenvalue weighted by atomic mass is 10.1. The summed E-state index contributed by atoms with van der Waals surface area (Å²) in [5, 5.41) is 20.5. The Kier molecular flexibility index (Phi) is 4.43. The summed E-state index contributed by atoms with van der Waals surface area (Å²) in [5.74, 6) is -0.869. The lowest BCUT2D eigenvalue weighted by molar-refractivity contribution is -0.143. The summed E-state index contributed by atoms with van der Waals surface area (Å²) in [6, 6.07) is 10.7. The number of para-hydroxylation sites is 1. The number of carbonyl (C=O) groups is 2. The minimum atomic E-state index is -0.869. The quantitative estimate of drug-likeness (QED) is 0.836. The molecule has 1 aromatic carbocycles. The molecule has 0 bridgehead atoms. The van der Waals surface area contributed by atoms with E-state index >= 15 is 0 Å². The van der Waals surface area contributed by atoms with Crippen LogP contribution in [-0.2, 0) is 4.79 Å². The molecule has 2 rings (SSSR count). The summed E-state index contributed by atoms with van der Waals surface area (Å²) >= 11 is 0. The predicted octanol–water partition coefficient (Wildman–Crippen LogP) is 1.98. The highest BCUT2D eigenvalue weighted by Crippen LogP contribution is 2.45. The zero-order valence-electron chi connectivity index (χ0n) is 11.6. The third kappa shape index (κ3) is 3.51. The van der Waals surface area contributed by atoms with Crippen molar-refractivity contribution in [2.24, 2.45) is 5.41 Å². The molecule has 110 valence electrons. The van der Waals surface area contributed by atoms with E-state index in [-0.39, 0.29) is 25.5 Å². The van der Waals surface area contributed by atoms with Gasteiger partial charge in [-0.2, -0.15) is 5.26 Å². The summed E-state index contributed by atoms with van der Waals surface area (Å²) in [4.78, 5) is 24.8. The zero-order valence-corrected chi connectivity index (χ0v) is 11.6. The molecule has 1 aliphatic carbocycles. The van der Waals surface area contributed by atoms with Crippen LogP contribution < -0.4 is 10.2 Å². The van der Waals surface area contributed by atoms with E-state index in [2.05, 4.69) is 5.32 Å². The summed E-state index contributed by atoms with van der Waals surface area (Å²) in [6.07, 6.45) is 1.39. The van der Waals surface area contributed by atoms with Gasteiger partial charge in [0.15, 0.2) is 0 Å². The largest absolute Gasteiger partial charge is 0.481 e. The first-order valence-electron chi connectivity index (χ1n) is 6.80. The Labute approximate surface area is 123 Å². The van der Waals surface area contributed by atoms with Crippen LogP contribution in [0.25, 0.3) is 0 Å². The first-order valence-corrected chi connectivity index (χ1v) is 6.80. The van der Waals surface area contributed by atoms with Gasteiger partial charge >= 0.3 is 12.0 Å². The van der Waals surface area contributed by atoms with Crippen molar-refractivity contribution in [1.82, 2.24) is 5.32 Å². The van der Waals surface area contributed by atoms with Crippen LogP contribution in [0.5, 0.6) is 0 Å². The molecule has 0 atom stereocenters. The van der Waals surface area contributed by atoms with E-state index in [1.54, 1.807) is 12.1 Å². The first-order chi connectivity index (χ1) is 10.1. The molecule has 0 radical (unpaired) electrons. The van der Waals surface area contributed by atoms with E-state index < -0.39 is 11.4 Å². The first kappa shape index (κ1) is 14.9. The second-order valence-electron chi connectivity index (χ2n) is 5.14. The number of nitriles is 1. The number of carboxylic acids is 1. The smallest absolute Gasteiger partial charge is 0.321 e.